The summed E-state index contributed by atoms with van der Waals surface area (Å²) in [6.45, 7) is 2.76. The normalized spacial score (nSPS) is 8.05. The summed E-state index contributed by atoms with van der Waals surface area (Å²) in [6.07, 6.45) is -0.0194. The number of hydrogen-bond donors (Lipinski definition) is 5. The summed E-state index contributed by atoms with van der Waals surface area (Å²) in [4.78, 5) is 18.9. The van der Waals surface area contributed by atoms with Crippen LogP contribution in [0.4, 0.5) is 4.79 Å². The monoisotopic (exact) mass is 287 g/mol. The molecule has 0 atom stereocenters. The first kappa shape index (κ1) is 19.6. The van der Waals surface area contributed by atoms with E-state index in [-0.39, 0.29) is 24.7 Å². The number of aliphatic hydroxyl groups excluding tert-OH is 1. The first-order valence-corrected chi connectivity index (χ1v) is 5.20. The van der Waals surface area contributed by atoms with Gasteiger partial charge in [0.2, 0.25) is 0 Å². The zero-order chi connectivity index (χ0) is 16.0. The summed E-state index contributed by atoms with van der Waals surface area (Å²) in [5.41, 5.74) is 4.51. The van der Waals surface area contributed by atoms with Crippen molar-refractivity contribution >= 4 is 12.1 Å². The molecule has 0 bridgehead atoms. The van der Waals surface area contributed by atoms with Gasteiger partial charge in [0.25, 0.3) is 0 Å². The number of carbonyl (C=O) groups excluding carboxylic acids is 1. The SMILES string of the molecule is C=CC(=O)O.NC(=O)OCCO.Oc1ccc(O)cc1. The second-order valence-corrected chi connectivity index (χ2v) is 2.95. The topological polar surface area (TPSA) is 150 Å². The van der Waals surface area contributed by atoms with E-state index in [2.05, 4.69) is 17.0 Å². The van der Waals surface area contributed by atoms with E-state index in [1.165, 1.54) is 24.3 Å². The largest absolute Gasteiger partial charge is 0.508 e. The van der Waals surface area contributed by atoms with Crippen LogP contribution in [0.2, 0.25) is 0 Å². The maximum Gasteiger partial charge on any atom is 0.404 e. The Morgan fingerprint density at radius 2 is 1.55 bits per heavy atom. The molecule has 0 unspecified atom stereocenters. The fraction of sp³-hybridized carbons (Fsp3) is 0.167. The van der Waals surface area contributed by atoms with Crippen LogP contribution in [0, 0.1) is 0 Å². The molecule has 0 aromatic heterocycles. The molecule has 8 heteroatoms. The molecule has 1 rings (SSSR count). The van der Waals surface area contributed by atoms with E-state index in [0.29, 0.717) is 0 Å². The van der Waals surface area contributed by atoms with Crippen LogP contribution < -0.4 is 5.73 Å². The van der Waals surface area contributed by atoms with Gasteiger partial charge in [-0.2, -0.15) is 0 Å². The fourth-order valence-electron chi connectivity index (χ4n) is 0.599. The first-order chi connectivity index (χ1) is 9.33. The Bertz CT molecular complexity index is 382. The molecular formula is C12H17NO7. The van der Waals surface area contributed by atoms with Crippen molar-refractivity contribution in [3.8, 4) is 11.5 Å². The van der Waals surface area contributed by atoms with E-state index < -0.39 is 12.1 Å². The highest BCUT2D eigenvalue weighted by Crippen LogP contribution is 2.13. The van der Waals surface area contributed by atoms with E-state index in [1.807, 2.05) is 0 Å². The van der Waals surface area contributed by atoms with E-state index in [0.717, 1.165) is 6.08 Å². The predicted octanol–water partition coefficient (Wildman–Crippen LogP) is 0.429. The van der Waals surface area contributed by atoms with Gasteiger partial charge in [-0.15, -0.1) is 0 Å². The van der Waals surface area contributed by atoms with E-state index >= 15 is 0 Å². The second kappa shape index (κ2) is 12.7. The van der Waals surface area contributed by atoms with Crippen molar-refractivity contribution in [3.63, 3.8) is 0 Å². The third-order valence-electron chi connectivity index (χ3n) is 1.36. The van der Waals surface area contributed by atoms with Crippen molar-refractivity contribution in [2.75, 3.05) is 13.2 Å². The van der Waals surface area contributed by atoms with E-state index in [9.17, 15) is 9.59 Å². The summed E-state index contributed by atoms with van der Waals surface area (Å²) in [5.74, 6) is -0.643. The van der Waals surface area contributed by atoms with Crippen LogP contribution in [-0.4, -0.2) is 45.7 Å². The number of carboxylic acid groups (broad SMARTS) is 1. The highest BCUT2D eigenvalue weighted by molar-refractivity contribution is 5.78. The number of aliphatic hydroxyl groups is 1. The summed E-state index contributed by atoms with van der Waals surface area (Å²) in [5, 5.41) is 32.9. The molecule has 0 spiro atoms. The number of nitrogens with two attached hydrogens (primary N) is 1. The zero-order valence-corrected chi connectivity index (χ0v) is 10.6. The lowest BCUT2D eigenvalue weighted by atomic mass is 10.3. The van der Waals surface area contributed by atoms with Gasteiger partial charge >= 0.3 is 12.1 Å². The lowest BCUT2D eigenvalue weighted by molar-refractivity contribution is -0.131. The molecule has 20 heavy (non-hydrogen) atoms. The number of amides is 1. The minimum atomic E-state index is -0.981. The molecule has 1 aromatic carbocycles. The number of carboxylic acids is 1. The molecule has 112 valence electrons. The molecule has 0 saturated heterocycles. The molecule has 0 fully saturated rings. The number of aromatic hydroxyl groups is 2. The molecule has 0 aliphatic carbocycles. The zero-order valence-electron chi connectivity index (χ0n) is 10.6. The van der Waals surface area contributed by atoms with Crippen molar-refractivity contribution in [1.82, 2.24) is 0 Å². The number of phenols is 2. The Labute approximate surface area is 115 Å². The van der Waals surface area contributed by atoms with Crippen LogP contribution in [-0.2, 0) is 9.53 Å². The number of aliphatic carboxylic acids is 1. The van der Waals surface area contributed by atoms with Gasteiger partial charge in [0.05, 0.1) is 6.61 Å². The van der Waals surface area contributed by atoms with Crippen molar-refractivity contribution in [3.05, 3.63) is 36.9 Å². The highest BCUT2D eigenvalue weighted by atomic mass is 16.6. The Balaban J connectivity index is 0. The summed E-state index contributed by atoms with van der Waals surface area (Å²) < 4.78 is 4.08. The summed E-state index contributed by atoms with van der Waals surface area (Å²) >= 11 is 0. The average Bonchev–Trinajstić information content (AvgIpc) is 2.41. The standard InChI is InChI=1S/C6H6O2.C3H7NO3.C3H4O2/c7-5-1-2-6(8)4-3-5;4-3(6)7-2-1-5;1-2-3(4)5/h1-4,7-8H;5H,1-2H2,(H2,4,6);2H,1H2,(H,4,5). The first-order valence-electron chi connectivity index (χ1n) is 5.20. The Morgan fingerprint density at radius 3 is 1.70 bits per heavy atom. The third-order valence-corrected chi connectivity index (χ3v) is 1.36. The minimum absolute atomic E-state index is 0.0185. The molecule has 1 amide bonds. The molecule has 1 aromatic rings. The van der Waals surface area contributed by atoms with Crippen LogP contribution in [0.1, 0.15) is 0 Å². The van der Waals surface area contributed by atoms with Crippen LogP contribution >= 0.6 is 0 Å². The summed E-state index contributed by atoms with van der Waals surface area (Å²) in [6, 6.07) is 5.70. The van der Waals surface area contributed by atoms with Gasteiger partial charge in [-0.25, -0.2) is 9.59 Å². The van der Waals surface area contributed by atoms with Gasteiger partial charge in [0.1, 0.15) is 18.1 Å². The van der Waals surface area contributed by atoms with Crippen LogP contribution in [0.15, 0.2) is 36.9 Å². The van der Waals surface area contributed by atoms with Gasteiger partial charge < -0.3 is 30.9 Å². The van der Waals surface area contributed by atoms with E-state index in [4.69, 9.17) is 20.4 Å². The number of carbonyl (C=O) groups is 2. The molecule has 6 N–H and O–H groups in total. The Kier molecular flexibility index (Phi) is 12.5. The molecular weight excluding hydrogens is 270 g/mol. The fourth-order valence-corrected chi connectivity index (χ4v) is 0.599. The van der Waals surface area contributed by atoms with Gasteiger partial charge in [-0.1, -0.05) is 6.58 Å². The Morgan fingerprint density at radius 1 is 1.20 bits per heavy atom. The van der Waals surface area contributed by atoms with Crippen LogP contribution in [0.3, 0.4) is 0 Å². The quantitative estimate of drug-likeness (QED) is 0.399. The number of hydrogen-bond acceptors (Lipinski definition) is 6. The number of ether oxygens (including phenoxy) is 1. The van der Waals surface area contributed by atoms with Crippen LogP contribution in [0.5, 0.6) is 11.5 Å². The van der Waals surface area contributed by atoms with Crippen molar-refractivity contribution in [2.24, 2.45) is 5.73 Å². The van der Waals surface area contributed by atoms with Gasteiger partial charge in [0, 0.05) is 6.08 Å². The Hall–Kier alpha value is -2.74. The summed E-state index contributed by atoms with van der Waals surface area (Å²) in [7, 11) is 0. The highest BCUT2D eigenvalue weighted by Gasteiger charge is 1.87. The maximum atomic E-state index is 9.65. The lowest BCUT2D eigenvalue weighted by Crippen LogP contribution is -2.15. The average molecular weight is 287 g/mol. The smallest absolute Gasteiger partial charge is 0.404 e. The predicted molar refractivity (Wildman–Crippen MR) is 70.2 cm³/mol. The number of benzene rings is 1. The molecule has 0 aliphatic heterocycles. The molecule has 0 aliphatic rings. The van der Waals surface area contributed by atoms with Gasteiger partial charge in [-0.3, -0.25) is 0 Å². The third kappa shape index (κ3) is 17.6. The van der Waals surface area contributed by atoms with Crippen LogP contribution in [0.25, 0.3) is 0 Å². The molecule has 8 nitrogen and oxygen atoms in total. The lowest BCUT2D eigenvalue weighted by Gasteiger charge is -1.92. The van der Waals surface area contributed by atoms with Gasteiger partial charge in [-0.05, 0) is 24.3 Å². The second-order valence-electron chi connectivity index (χ2n) is 2.95. The van der Waals surface area contributed by atoms with Crippen molar-refractivity contribution in [1.29, 1.82) is 0 Å². The minimum Gasteiger partial charge on any atom is -0.508 e. The van der Waals surface area contributed by atoms with Crippen molar-refractivity contribution < 1.29 is 34.8 Å². The number of primary amides is 1. The number of phenolic OH excluding ortho intramolecular Hbond substituents is 2. The van der Waals surface area contributed by atoms with E-state index in [1.54, 1.807) is 0 Å². The van der Waals surface area contributed by atoms with Gasteiger partial charge in [0.15, 0.2) is 0 Å². The van der Waals surface area contributed by atoms with Crippen molar-refractivity contribution in [2.45, 2.75) is 0 Å². The number of rotatable bonds is 3. The molecule has 0 saturated carbocycles. The molecule has 0 radical (unpaired) electrons. The molecule has 0 heterocycles. The maximum absolute atomic E-state index is 9.65.